The molecule has 134 valence electrons. The van der Waals surface area contributed by atoms with Gasteiger partial charge in [-0.1, -0.05) is 6.07 Å². The van der Waals surface area contributed by atoms with Gasteiger partial charge in [0.2, 0.25) is 0 Å². The van der Waals surface area contributed by atoms with Crippen LogP contribution in [0.1, 0.15) is 21.2 Å². The molecule has 0 amide bonds. The Hall–Kier alpha value is -1.89. The third-order valence-electron chi connectivity index (χ3n) is 5.49. The van der Waals surface area contributed by atoms with Crippen molar-refractivity contribution in [2.24, 2.45) is 0 Å². The maximum atomic E-state index is 13.0. The molecule has 0 aliphatic carbocycles. The number of fused-ring (bicyclic) bond motifs is 3. The quantitative estimate of drug-likeness (QED) is 0.682. The maximum absolute atomic E-state index is 13.0. The fourth-order valence-corrected chi connectivity index (χ4v) is 7.38. The Bertz CT molecular complexity index is 1070. The molecule has 2 atom stereocenters. The van der Waals surface area contributed by atoms with Gasteiger partial charge in [-0.2, -0.15) is 0 Å². The summed E-state index contributed by atoms with van der Waals surface area (Å²) >= 11 is 1.79. The molecular weight excluding hydrogens is 366 g/mol. The predicted octanol–water partition coefficient (Wildman–Crippen LogP) is 4.07. The molecule has 3 aromatic rings. The van der Waals surface area contributed by atoms with Gasteiger partial charge in [0, 0.05) is 40.9 Å². The maximum Gasteiger partial charge on any atom is 0.183 e. The summed E-state index contributed by atoms with van der Waals surface area (Å²) in [7, 11) is -3.25. The normalized spacial score (nSPS) is 23.9. The van der Waals surface area contributed by atoms with Crippen LogP contribution in [-0.4, -0.2) is 31.7 Å². The molecular formula is C20H19NO3S2. The second kappa shape index (κ2) is 5.81. The molecule has 0 spiro atoms. The van der Waals surface area contributed by atoms with Gasteiger partial charge in [0.25, 0.3) is 0 Å². The van der Waals surface area contributed by atoms with E-state index >= 15 is 0 Å². The van der Waals surface area contributed by atoms with Gasteiger partial charge >= 0.3 is 0 Å². The Balaban J connectivity index is 1.48. The molecule has 0 saturated carbocycles. The topological polar surface area (TPSA) is 50.5 Å². The van der Waals surface area contributed by atoms with Crippen molar-refractivity contribution in [3.05, 3.63) is 64.2 Å². The standard InChI is InChI=1S/C20H19NO3S2/c1-13-2-4-16(25-13)9-21-10-18-17-8-14(15-6-7-24-12-15)3-5-19(17)26(22,23)20(18)11-21/h2-8,12,18,20H,9-11H2,1H3/t18-,20-/m1/s1. The van der Waals surface area contributed by atoms with E-state index in [-0.39, 0.29) is 11.2 Å². The number of sulfone groups is 1. The van der Waals surface area contributed by atoms with E-state index in [0.29, 0.717) is 11.4 Å². The lowest BCUT2D eigenvalue weighted by Gasteiger charge is -2.16. The van der Waals surface area contributed by atoms with Crippen LogP contribution in [0.2, 0.25) is 0 Å². The smallest absolute Gasteiger partial charge is 0.183 e. The van der Waals surface area contributed by atoms with Crippen LogP contribution >= 0.6 is 11.3 Å². The molecule has 0 radical (unpaired) electrons. The van der Waals surface area contributed by atoms with E-state index in [1.807, 2.05) is 18.2 Å². The van der Waals surface area contributed by atoms with Gasteiger partial charge in [-0.3, -0.25) is 4.90 Å². The Kier molecular flexibility index (Phi) is 3.64. The summed E-state index contributed by atoms with van der Waals surface area (Å²) in [6, 6.07) is 11.9. The van der Waals surface area contributed by atoms with E-state index in [4.69, 9.17) is 4.42 Å². The number of thiophene rings is 1. The number of hydrogen-bond donors (Lipinski definition) is 0. The lowest BCUT2D eigenvalue weighted by Crippen LogP contribution is -2.25. The molecule has 4 heterocycles. The summed E-state index contributed by atoms with van der Waals surface area (Å²) < 4.78 is 31.2. The molecule has 2 aliphatic heterocycles. The summed E-state index contributed by atoms with van der Waals surface area (Å²) in [5.41, 5.74) is 2.97. The molecule has 1 saturated heterocycles. The zero-order valence-corrected chi connectivity index (χ0v) is 16.0. The monoisotopic (exact) mass is 385 g/mol. The highest BCUT2D eigenvalue weighted by atomic mass is 32.2. The summed E-state index contributed by atoms with van der Waals surface area (Å²) in [5.74, 6) is 0.0583. The Labute approximate surface area is 157 Å². The average molecular weight is 386 g/mol. The van der Waals surface area contributed by atoms with Gasteiger partial charge in [-0.05, 0) is 48.4 Å². The summed E-state index contributed by atoms with van der Waals surface area (Å²) in [6.45, 7) is 4.34. The molecule has 1 aromatic carbocycles. The van der Waals surface area contributed by atoms with E-state index < -0.39 is 9.84 Å². The summed E-state index contributed by atoms with van der Waals surface area (Å²) in [4.78, 5) is 5.40. The second-order valence-corrected chi connectivity index (χ2v) is 10.7. The lowest BCUT2D eigenvalue weighted by molar-refractivity contribution is 0.328. The minimum absolute atomic E-state index is 0.0583. The fourth-order valence-electron chi connectivity index (χ4n) is 4.25. The first kappa shape index (κ1) is 16.3. The highest BCUT2D eigenvalue weighted by Crippen LogP contribution is 2.46. The Morgan fingerprint density at radius 2 is 2.04 bits per heavy atom. The van der Waals surface area contributed by atoms with Gasteiger partial charge < -0.3 is 4.42 Å². The SMILES string of the molecule is Cc1ccc(CN2C[C@@H]3c4cc(-c5ccoc5)ccc4S(=O)(=O)[C@@H]3C2)s1. The van der Waals surface area contributed by atoms with E-state index in [9.17, 15) is 8.42 Å². The van der Waals surface area contributed by atoms with Crippen molar-refractivity contribution in [1.29, 1.82) is 0 Å². The first-order chi connectivity index (χ1) is 12.5. The third kappa shape index (κ3) is 2.47. The third-order valence-corrected chi connectivity index (χ3v) is 8.73. The van der Waals surface area contributed by atoms with Crippen LogP contribution in [0.4, 0.5) is 0 Å². The first-order valence-corrected chi connectivity index (χ1v) is 11.1. The van der Waals surface area contributed by atoms with Crippen molar-refractivity contribution in [3.8, 4) is 11.1 Å². The van der Waals surface area contributed by atoms with Crippen LogP contribution < -0.4 is 0 Å². The number of benzene rings is 1. The van der Waals surface area contributed by atoms with E-state index in [1.165, 1.54) is 9.75 Å². The molecule has 5 rings (SSSR count). The fraction of sp³-hybridized carbons (Fsp3) is 0.300. The molecule has 0 N–H and O–H groups in total. The number of likely N-dealkylation sites (tertiary alicyclic amines) is 1. The average Bonchev–Trinajstić information content (AvgIpc) is 3.37. The van der Waals surface area contributed by atoms with E-state index in [0.717, 1.165) is 29.8 Å². The molecule has 6 heteroatoms. The van der Waals surface area contributed by atoms with Crippen LogP contribution in [-0.2, 0) is 16.4 Å². The van der Waals surface area contributed by atoms with Gasteiger partial charge in [0.15, 0.2) is 9.84 Å². The number of aryl methyl sites for hydroxylation is 1. The van der Waals surface area contributed by atoms with Gasteiger partial charge in [0.1, 0.15) is 0 Å². The van der Waals surface area contributed by atoms with Crippen LogP contribution in [0.25, 0.3) is 11.1 Å². The van der Waals surface area contributed by atoms with Crippen LogP contribution in [0.5, 0.6) is 0 Å². The van der Waals surface area contributed by atoms with Gasteiger partial charge in [-0.25, -0.2) is 8.42 Å². The molecule has 0 bridgehead atoms. The van der Waals surface area contributed by atoms with Gasteiger partial charge in [0.05, 0.1) is 22.7 Å². The summed E-state index contributed by atoms with van der Waals surface area (Å²) in [6.07, 6.45) is 3.34. The van der Waals surface area contributed by atoms with Gasteiger partial charge in [-0.15, -0.1) is 11.3 Å². The minimum Gasteiger partial charge on any atom is -0.472 e. The van der Waals surface area contributed by atoms with Crippen LogP contribution in [0.15, 0.2) is 58.2 Å². The van der Waals surface area contributed by atoms with Crippen molar-refractivity contribution >= 4 is 21.2 Å². The lowest BCUT2D eigenvalue weighted by atomic mass is 9.95. The molecule has 26 heavy (non-hydrogen) atoms. The van der Waals surface area contributed by atoms with E-state index in [2.05, 4.69) is 24.0 Å². The molecule has 1 fully saturated rings. The number of nitrogens with zero attached hydrogens (tertiary/aromatic N) is 1. The predicted molar refractivity (Wildman–Crippen MR) is 102 cm³/mol. The van der Waals surface area contributed by atoms with Crippen molar-refractivity contribution in [1.82, 2.24) is 4.90 Å². The summed E-state index contributed by atoms with van der Waals surface area (Å²) in [5, 5.41) is -0.321. The number of hydrogen-bond acceptors (Lipinski definition) is 5. The number of rotatable bonds is 3. The molecule has 4 nitrogen and oxygen atoms in total. The van der Waals surface area contributed by atoms with Crippen LogP contribution in [0.3, 0.4) is 0 Å². The van der Waals surface area contributed by atoms with Crippen molar-refractivity contribution in [2.45, 2.75) is 29.5 Å². The first-order valence-electron chi connectivity index (χ1n) is 8.70. The molecule has 2 aliphatic rings. The number of furan rings is 1. The largest absolute Gasteiger partial charge is 0.472 e. The minimum atomic E-state index is -3.25. The van der Waals surface area contributed by atoms with E-state index in [1.54, 1.807) is 29.9 Å². The highest BCUT2D eigenvalue weighted by Gasteiger charge is 2.50. The Morgan fingerprint density at radius 1 is 1.15 bits per heavy atom. The Morgan fingerprint density at radius 3 is 2.77 bits per heavy atom. The molecule has 2 aromatic heterocycles. The second-order valence-electron chi connectivity index (χ2n) is 7.16. The van der Waals surface area contributed by atoms with Crippen molar-refractivity contribution in [3.63, 3.8) is 0 Å². The molecule has 0 unspecified atom stereocenters. The highest BCUT2D eigenvalue weighted by molar-refractivity contribution is 7.92. The zero-order chi connectivity index (χ0) is 17.9. The zero-order valence-electron chi connectivity index (χ0n) is 14.4. The van der Waals surface area contributed by atoms with Crippen molar-refractivity contribution < 1.29 is 12.8 Å². The van der Waals surface area contributed by atoms with Crippen molar-refractivity contribution in [2.75, 3.05) is 13.1 Å². The van der Waals surface area contributed by atoms with Crippen LogP contribution in [0, 0.1) is 6.92 Å².